The molecular weight excluding hydrogens is 384 g/mol. The molecule has 0 radical (unpaired) electrons. The molecule has 1 heterocycles. The average Bonchev–Trinajstić information content (AvgIpc) is 3.06. The third-order valence-corrected chi connectivity index (χ3v) is 4.18. The van der Waals surface area contributed by atoms with Gasteiger partial charge >= 0.3 is 11.9 Å². The molecule has 128 valence electrons. The Balaban J connectivity index is 1.57. The number of nitrogens with zero attached hydrogens (tertiary/aromatic N) is 2. The molecule has 0 saturated heterocycles. The Hall–Kier alpha value is -2.67. The summed E-state index contributed by atoms with van der Waals surface area (Å²) < 4.78 is 7.83. The van der Waals surface area contributed by atoms with Crippen molar-refractivity contribution >= 4 is 33.5 Å². The fourth-order valence-electron chi connectivity index (χ4n) is 2.38. The highest BCUT2D eigenvalue weighted by Gasteiger charge is 2.21. The molecular formula is C18H18BrN4O2+. The van der Waals surface area contributed by atoms with E-state index in [-0.39, 0.29) is 18.0 Å². The minimum absolute atomic E-state index is 0.108. The summed E-state index contributed by atoms with van der Waals surface area (Å²) in [5.74, 6) is 0.287. The normalized spacial score (nSPS) is 11.8. The van der Waals surface area contributed by atoms with Crippen molar-refractivity contribution in [1.82, 2.24) is 5.27 Å². The van der Waals surface area contributed by atoms with Crippen molar-refractivity contribution in [1.29, 1.82) is 0 Å². The molecule has 0 saturated carbocycles. The lowest BCUT2D eigenvalue weighted by Crippen LogP contribution is -2.40. The van der Waals surface area contributed by atoms with Crippen molar-refractivity contribution in [3.05, 3.63) is 70.8 Å². The largest absolute Gasteiger partial charge is 0.326 e. The van der Waals surface area contributed by atoms with Crippen molar-refractivity contribution in [2.24, 2.45) is 0 Å². The first-order valence-corrected chi connectivity index (χ1v) is 8.65. The van der Waals surface area contributed by atoms with E-state index in [4.69, 9.17) is 4.52 Å². The lowest BCUT2D eigenvalue weighted by Gasteiger charge is -2.04. The molecule has 0 aliphatic heterocycles. The Morgan fingerprint density at radius 2 is 1.88 bits per heavy atom. The zero-order valence-electron chi connectivity index (χ0n) is 13.6. The number of carbonyl (C=O) groups excluding carboxylic acids is 1. The van der Waals surface area contributed by atoms with Gasteiger partial charge in [-0.15, -0.1) is 0 Å². The van der Waals surface area contributed by atoms with Crippen molar-refractivity contribution < 1.29 is 14.0 Å². The lowest BCUT2D eigenvalue weighted by molar-refractivity contribution is -0.782. The van der Waals surface area contributed by atoms with E-state index in [0.29, 0.717) is 5.69 Å². The van der Waals surface area contributed by atoms with Crippen molar-refractivity contribution in [2.75, 3.05) is 10.6 Å². The molecule has 1 aromatic heterocycles. The molecule has 3 rings (SSSR count). The molecule has 1 atom stereocenters. The van der Waals surface area contributed by atoms with Crippen molar-refractivity contribution in [2.45, 2.75) is 19.4 Å². The van der Waals surface area contributed by atoms with Crippen LogP contribution in [0, 0.1) is 0 Å². The zero-order valence-corrected chi connectivity index (χ0v) is 15.2. The molecule has 0 aliphatic rings. The molecule has 0 fully saturated rings. The van der Waals surface area contributed by atoms with Gasteiger partial charge in [-0.2, -0.15) is 0 Å². The van der Waals surface area contributed by atoms with Gasteiger partial charge < -0.3 is 5.32 Å². The predicted molar refractivity (Wildman–Crippen MR) is 98.3 cm³/mol. The Morgan fingerprint density at radius 1 is 1.16 bits per heavy atom. The third-order valence-electron chi connectivity index (χ3n) is 3.65. The molecule has 2 aromatic carbocycles. The Morgan fingerprint density at radius 3 is 2.60 bits per heavy atom. The Bertz CT molecular complexity index is 834. The molecule has 3 aromatic rings. The van der Waals surface area contributed by atoms with Gasteiger partial charge in [0.05, 0.1) is 0 Å². The fourth-order valence-corrected chi connectivity index (χ4v) is 2.64. The lowest BCUT2D eigenvalue weighted by atomic mass is 10.1. The summed E-state index contributed by atoms with van der Waals surface area (Å²) in [7, 11) is 0. The first kappa shape index (κ1) is 17.2. The SMILES string of the molecule is C[C@H](Cc1ccccc1)[n+]1cc(NC(=O)Nc2ccc(Br)cc2)on1. The molecule has 0 bridgehead atoms. The van der Waals surface area contributed by atoms with E-state index in [1.807, 2.05) is 37.3 Å². The highest BCUT2D eigenvalue weighted by molar-refractivity contribution is 9.10. The number of carbonyl (C=O) groups is 1. The van der Waals surface area contributed by atoms with Gasteiger partial charge in [0.1, 0.15) is 0 Å². The number of anilines is 2. The van der Waals surface area contributed by atoms with E-state index in [1.54, 1.807) is 23.0 Å². The third kappa shape index (κ3) is 4.90. The predicted octanol–water partition coefficient (Wildman–Crippen LogP) is 4.17. The number of hydrogen-bond acceptors (Lipinski definition) is 3. The number of nitrogens with one attached hydrogen (secondary N) is 2. The van der Waals surface area contributed by atoms with E-state index in [2.05, 4.69) is 44.0 Å². The van der Waals surface area contributed by atoms with E-state index >= 15 is 0 Å². The highest BCUT2D eigenvalue weighted by atomic mass is 79.9. The topological polar surface area (TPSA) is 71.0 Å². The summed E-state index contributed by atoms with van der Waals surface area (Å²) in [4.78, 5) is 12.0. The zero-order chi connectivity index (χ0) is 17.6. The van der Waals surface area contributed by atoms with Crippen molar-refractivity contribution in [3.63, 3.8) is 0 Å². The second kappa shape index (κ2) is 7.94. The molecule has 25 heavy (non-hydrogen) atoms. The van der Waals surface area contributed by atoms with Crippen LogP contribution in [0.25, 0.3) is 0 Å². The fraction of sp³-hybridized carbons (Fsp3) is 0.167. The maximum Gasteiger partial charge on any atom is 0.326 e. The van der Waals surface area contributed by atoms with Crippen LogP contribution in [-0.2, 0) is 6.42 Å². The summed E-state index contributed by atoms with van der Waals surface area (Å²) in [6.07, 6.45) is 2.50. The van der Waals surface area contributed by atoms with Gasteiger partial charge in [-0.1, -0.05) is 46.3 Å². The molecule has 0 aliphatic carbocycles. The quantitative estimate of drug-likeness (QED) is 0.630. The first-order valence-electron chi connectivity index (χ1n) is 7.86. The summed E-state index contributed by atoms with van der Waals surface area (Å²) in [6, 6.07) is 17.2. The smallest absolute Gasteiger partial charge is 0.308 e. The second-order valence-electron chi connectivity index (χ2n) is 5.67. The molecule has 2 N–H and O–H groups in total. The molecule has 7 heteroatoms. The van der Waals surface area contributed by atoms with Gasteiger partial charge in [-0.25, -0.2) is 4.79 Å². The minimum Gasteiger partial charge on any atom is -0.308 e. The van der Waals surface area contributed by atoms with Gasteiger partial charge in [0.25, 0.3) is 6.20 Å². The number of halogens is 1. The van der Waals surface area contributed by atoms with E-state index < -0.39 is 0 Å². The van der Waals surface area contributed by atoms with Gasteiger partial charge in [0.15, 0.2) is 6.04 Å². The van der Waals surface area contributed by atoms with E-state index in [0.717, 1.165) is 10.9 Å². The van der Waals surface area contributed by atoms with Crippen LogP contribution in [-0.4, -0.2) is 11.3 Å². The van der Waals surface area contributed by atoms with Crippen LogP contribution in [0.4, 0.5) is 16.4 Å². The molecule has 2 amide bonds. The standard InChI is InChI=1S/C18H17BrN4O2/c1-13(11-14-5-3-2-4-6-14)23-12-17(25-22-23)21-18(24)20-16-9-7-15(19)8-10-16/h2-10,12-13H,11H2,1H3,(H-,20,21,22,24)/p+1/t13-/m1/s1. The number of aromatic nitrogens is 2. The molecule has 6 nitrogen and oxygen atoms in total. The number of amides is 2. The maximum absolute atomic E-state index is 12.0. The molecule has 0 spiro atoms. The summed E-state index contributed by atoms with van der Waals surface area (Å²) >= 11 is 3.35. The van der Waals surface area contributed by atoms with Crippen LogP contribution in [0.15, 0.2) is 69.8 Å². The van der Waals surface area contributed by atoms with E-state index in [1.165, 1.54) is 5.56 Å². The number of hydrogen-bond donors (Lipinski definition) is 2. The second-order valence-corrected chi connectivity index (χ2v) is 6.59. The number of urea groups is 1. The van der Waals surface area contributed by atoms with Crippen LogP contribution in [0.2, 0.25) is 0 Å². The van der Waals surface area contributed by atoms with Crippen molar-refractivity contribution in [3.8, 4) is 0 Å². The van der Waals surface area contributed by atoms with Gasteiger partial charge in [0.2, 0.25) is 5.27 Å². The molecule has 0 unspecified atom stereocenters. The first-order chi connectivity index (χ1) is 12.1. The Labute approximate surface area is 153 Å². The van der Waals surface area contributed by atoms with Gasteiger partial charge in [-0.3, -0.25) is 9.84 Å². The van der Waals surface area contributed by atoms with Gasteiger partial charge in [0, 0.05) is 23.5 Å². The van der Waals surface area contributed by atoms with Crippen LogP contribution in [0.1, 0.15) is 18.5 Å². The number of benzene rings is 2. The van der Waals surface area contributed by atoms with Crippen LogP contribution in [0.5, 0.6) is 0 Å². The average molecular weight is 402 g/mol. The van der Waals surface area contributed by atoms with Gasteiger partial charge in [-0.05, 0) is 34.5 Å². The van der Waals surface area contributed by atoms with Crippen LogP contribution >= 0.6 is 15.9 Å². The monoisotopic (exact) mass is 401 g/mol. The minimum atomic E-state index is -0.388. The Kier molecular flexibility index (Phi) is 5.45. The summed E-state index contributed by atoms with van der Waals surface area (Å²) in [5.41, 5.74) is 1.90. The number of rotatable bonds is 5. The maximum atomic E-state index is 12.0. The van der Waals surface area contributed by atoms with E-state index in [9.17, 15) is 4.79 Å². The van der Waals surface area contributed by atoms with Crippen LogP contribution in [0.3, 0.4) is 0 Å². The summed E-state index contributed by atoms with van der Waals surface area (Å²) in [6.45, 7) is 2.04. The highest BCUT2D eigenvalue weighted by Crippen LogP contribution is 2.15. The van der Waals surface area contributed by atoms with Crippen LogP contribution < -0.4 is 15.3 Å². The summed E-state index contributed by atoms with van der Waals surface area (Å²) in [5, 5.41) is 9.34.